The summed E-state index contributed by atoms with van der Waals surface area (Å²) in [7, 11) is 0. The number of hydrogen-bond acceptors (Lipinski definition) is 3. The zero-order valence-electron chi connectivity index (χ0n) is 15.7. The molecule has 2 aromatic carbocycles. The van der Waals surface area contributed by atoms with E-state index >= 15 is 0 Å². The molecular weight excluding hydrogens is 590 g/mol. The van der Waals surface area contributed by atoms with Crippen LogP contribution >= 0.6 is 55.1 Å². The molecule has 31 heavy (non-hydrogen) atoms. The van der Waals surface area contributed by atoms with E-state index in [0.717, 1.165) is 24.3 Å². The molecule has 168 valence electrons. The predicted molar refractivity (Wildman–Crippen MR) is 121 cm³/mol. The number of ether oxygens (including phenoxy) is 2. The summed E-state index contributed by atoms with van der Waals surface area (Å²) in [6, 6.07) is 7.49. The van der Waals surface area contributed by atoms with Crippen LogP contribution in [-0.2, 0) is 6.18 Å². The average Bonchev–Trinajstić information content (AvgIpc) is 2.68. The Morgan fingerprint density at radius 2 is 1.68 bits per heavy atom. The SMILES string of the molecule is O=C(NCCCOc1c(Br)cc(OCC=C(Cl)Cl)cc1Br)c1ccc(C(F)(F)F)cc1. The molecule has 0 bridgehead atoms. The fourth-order valence-corrected chi connectivity index (χ4v) is 3.82. The van der Waals surface area contributed by atoms with Gasteiger partial charge < -0.3 is 14.8 Å². The molecule has 0 spiro atoms. The Labute approximate surface area is 203 Å². The van der Waals surface area contributed by atoms with Crippen LogP contribution in [0.15, 0.2) is 55.9 Å². The number of hydrogen-bond donors (Lipinski definition) is 1. The Balaban J connectivity index is 1.79. The van der Waals surface area contributed by atoms with Crippen molar-refractivity contribution in [2.75, 3.05) is 19.8 Å². The molecule has 0 saturated heterocycles. The summed E-state index contributed by atoms with van der Waals surface area (Å²) in [6.07, 6.45) is -2.44. The molecule has 0 atom stereocenters. The van der Waals surface area contributed by atoms with Crippen molar-refractivity contribution in [3.63, 3.8) is 0 Å². The molecule has 0 aliphatic rings. The highest BCUT2D eigenvalue weighted by Gasteiger charge is 2.30. The fraction of sp³-hybridized carbons (Fsp3) is 0.250. The van der Waals surface area contributed by atoms with Crippen LogP contribution in [0.3, 0.4) is 0 Å². The van der Waals surface area contributed by atoms with Crippen molar-refractivity contribution in [2.45, 2.75) is 12.6 Å². The first kappa shape index (κ1) is 25.8. The highest BCUT2D eigenvalue weighted by atomic mass is 79.9. The summed E-state index contributed by atoms with van der Waals surface area (Å²) in [6.45, 7) is 0.803. The Kier molecular flexibility index (Phi) is 9.99. The molecule has 2 rings (SSSR count). The van der Waals surface area contributed by atoms with Crippen molar-refractivity contribution < 1.29 is 27.4 Å². The van der Waals surface area contributed by atoms with Crippen molar-refractivity contribution in [2.24, 2.45) is 0 Å². The molecule has 1 N–H and O–H groups in total. The van der Waals surface area contributed by atoms with Crippen LogP contribution in [0.1, 0.15) is 22.3 Å². The van der Waals surface area contributed by atoms with Gasteiger partial charge in [0, 0.05) is 12.1 Å². The van der Waals surface area contributed by atoms with Gasteiger partial charge in [-0.05, 0) is 80.8 Å². The number of benzene rings is 2. The van der Waals surface area contributed by atoms with Crippen molar-refractivity contribution >= 4 is 61.0 Å². The Hall–Kier alpha value is -1.42. The smallest absolute Gasteiger partial charge is 0.416 e. The summed E-state index contributed by atoms with van der Waals surface area (Å²) in [5, 5.41) is 2.64. The molecule has 4 nitrogen and oxygen atoms in total. The quantitative estimate of drug-likeness (QED) is 0.310. The van der Waals surface area contributed by atoms with Crippen LogP contribution in [0.5, 0.6) is 11.5 Å². The third-order valence-corrected chi connectivity index (χ3v) is 5.27. The van der Waals surface area contributed by atoms with Crippen molar-refractivity contribution in [1.29, 1.82) is 0 Å². The standard InChI is InChI=1S/C20H16Br2Cl2F3NO3/c21-15-10-14(30-9-6-17(23)24)11-16(22)18(15)31-8-1-7-28-19(29)12-2-4-13(5-3-12)20(25,26)27/h2-6,10-11H,1,7-9H2,(H,28,29). The highest BCUT2D eigenvalue weighted by molar-refractivity contribution is 9.11. The minimum atomic E-state index is -4.44. The lowest BCUT2D eigenvalue weighted by Gasteiger charge is -2.13. The van der Waals surface area contributed by atoms with E-state index in [-0.39, 0.29) is 16.7 Å². The number of rotatable bonds is 9. The Morgan fingerprint density at radius 3 is 2.23 bits per heavy atom. The van der Waals surface area contributed by atoms with Gasteiger partial charge in [0.2, 0.25) is 0 Å². The van der Waals surface area contributed by atoms with E-state index < -0.39 is 17.6 Å². The van der Waals surface area contributed by atoms with Crippen LogP contribution in [0.4, 0.5) is 13.2 Å². The lowest BCUT2D eigenvalue weighted by molar-refractivity contribution is -0.137. The number of carbonyl (C=O) groups excluding carboxylic acids is 1. The maximum Gasteiger partial charge on any atom is 0.416 e. The predicted octanol–water partition coefficient (Wildman–Crippen LogP) is 7.13. The van der Waals surface area contributed by atoms with Crippen molar-refractivity contribution in [3.05, 3.63) is 67.0 Å². The first-order chi connectivity index (χ1) is 14.6. The van der Waals surface area contributed by atoms with Crippen molar-refractivity contribution in [3.8, 4) is 11.5 Å². The maximum atomic E-state index is 12.6. The van der Waals surface area contributed by atoms with Gasteiger partial charge in [-0.2, -0.15) is 13.2 Å². The average molecular weight is 606 g/mol. The van der Waals surface area contributed by atoms with Gasteiger partial charge in [-0.1, -0.05) is 23.2 Å². The van der Waals surface area contributed by atoms with E-state index in [1.54, 1.807) is 12.1 Å². The Morgan fingerprint density at radius 1 is 1.06 bits per heavy atom. The molecule has 2 aromatic rings. The molecule has 0 saturated carbocycles. The van der Waals surface area contributed by atoms with Crippen LogP contribution < -0.4 is 14.8 Å². The number of halogens is 7. The zero-order chi connectivity index (χ0) is 23.0. The van der Waals surface area contributed by atoms with Gasteiger partial charge in [-0.25, -0.2) is 0 Å². The molecule has 0 heterocycles. The number of amides is 1. The number of alkyl halides is 3. The number of nitrogens with one attached hydrogen (secondary N) is 1. The number of carbonyl (C=O) groups is 1. The van der Waals surface area contributed by atoms with Crippen molar-refractivity contribution in [1.82, 2.24) is 5.32 Å². The minimum absolute atomic E-state index is 0.114. The fourth-order valence-electron chi connectivity index (χ4n) is 2.32. The van der Waals surface area contributed by atoms with E-state index in [1.807, 2.05) is 0 Å². The highest BCUT2D eigenvalue weighted by Crippen LogP contribution is 2.37. The second-order valence-electron chi connectivity index (χ2n) is 6.05. The van der Waals surface area contributed by atoms with Gasteiger partial charge in [0.25, 0.3) is 5.91 Å². The normalized spacial score (nSPS) is 11.1. The van der Waals surface area contributed by atoms with Gasteiger partial charge in [0.05, 0.1) is 21.1 Å². The maximum absolute atomic E-state index is 12.6. The topological polar surface area (TPSA) is 47.6 Å². The van der Waals surface area contributed by atoms with E-state index in [4.69, 9.17) is 32.7 Å². The Bertz CT molecular complexity index is 911. The van der Waals surface area contributed by atoms with Gasteiger partial charge in [0.15, 0.2) is 0 Å². The first-order valence-corrected chi connectivity index (χ1v) is 11.1. The summed E-state index contributed by atoms with van der Waals surface area (Å²) >= 11 is 17.9. The molecule has 0 aromatic heterocycles. The van der Waals surface area contributed by atoms with Gasteiger partial charge in [0.1, 0.15) is 22.6 Å². The van der Waals surface area contributed by atoms with E-state index in [0.29, 0.717) is 40.0 Å². The molecule has 0 aliphatic carbocycles. The third-order valence-electron chi connectivity index (χ3n) is 3.79. The molecule has 11 heteroatoms. The minimum Gasteiger partial charge on any atom is -0.491 e. The zero-order valence-corrected chi connectivity index (χ0v) is 20.4. The molecule has 0 fully saturated rings. The lowest BCUT2D eigenvalue weighted by atomic mass is 10.1. The summed E-state index contributed by atoms with van der Waals surface area (Å²) in [5.41, 5.74) is -0.648. The molecular formula is C20H16Br2Cl2F3NO3. The van der Waals surface area contributed by atoms with Crippen LogP contribution in [0, 0.1) is 0 Å². The van der Waals surface area contributed by atoms with E-state index in [2.05, 4.69) is 37.2 Å². The summed E-state index contributed by atoms with van der Waals surface area (Å²) < 4.78 is 50.4. The van der Waals surface area contributed by atoms with Crippen LogP contribution in [0.2, 0.25) is 0 Å². The summed E-state index contributed by atoms with van der Waals surface area (Å²) in [4.78, 5) is 12.0. The largest absolute Gasteiger partial charge is 0.491 e. The van der Waals surface area contributed by atoms with Crippen LogP contribution in [0.25, 0.3) is 0 Å². The molecule has 0 aliphatic heterocycles. The molecule has 0 unspecified atom stereocenters. The van der Waals surface area contributed by atoms with Gasteiger partial charge in [-0.3, -0.25) is 4.79 Å². The van der Waals surface area contributed by atoms with Gasteiger partial charge in [-0.15, -0.1) is 0 Å². The van der Waals surface area contributed by atoms with Gasteiger partial charge >= 0.3 is 6.18 Å². The molecule has 1 amide bonds. The lowest BCUT2D eigenvalue weighted by Crippen LogP contribution is -2.25. The van der Waals surface area contributed by atoms with E-state index in [1.165, 1.54) is 6.08 Å². The summed E-state index contributed by atoms with van der Waals surface area (Å²) in [5.74, 6) is 0.678. The third kappa shape index (κ3) is 8.56. The second kappa shape index (κ2) is 12.0. The van der Waals surface area contributed by atoms with E-state index in [9.17, 15) is 18.0 Å². The monoisotopic (exact) mass is 603 g/mol. The van der Waals surface area contributed by atoms with Crippen LogP contribution in [-0.4, -0.2) is 25.7 Å². The second-order valence-corrected chi connectivity index (χ2v) is 8.77. The first-order valence-electron chi connectivity index (χ1n) is 8.79. The molecule has 0 radical (unpaired) electrons.